The van der Waals surface area contributed by atoms with Crippen molar-refractivity contribution in [1.29, 1.82) is 0 Å². The van der Waals surface area contributed by atoms with Crippen LogP contribution < -0.4 is 5.43 Å². The molecule has 0 aliphatic carbocycles. The molecule has 0 saturated carbocycles. The van der Waals surface area contributed by atoms with E-state index in [0.717, 1.165) is 21.7 Å². The molecule has 32 heavy (non-hydrogen) atoms. The number of rotatable bonds is 7. The van der Waals surface area contributed by atoms with Gasteiger partial charge in [-0.3, -0.25) is 9.36 Å². The second-order valence-electron chi connectivity index (χ2n) is 6.67. The van der Waals surface area contributed by atoms with Gasteiger partial charge in [0.05, 0.1) is 12.0 Å². The van der Waals surface area contributed by atoms with E-state index in [1.54, 1.807) is 41.8 Å². The fourth-order valence-corrected chi connectivity index (χ4v) is 4.60. The maximum Gasteiger partial charge on any atom is 0.250 e. The van der Waals surface area contributed by atoms with Gasteiger partial charge in [0.25, 0.3) is 5.91 Å². The van der Waals surface area contributed by atoms with Crippen LogP contribution >= 0.6 is 46.3 Å². The summed E-state index contributed by atoms with van der Waals surface area (Å²) in [6.45, 7) is 2.00. The number of nitrogens with one attached hydrogen (secondary N) is 1. The fraction of sp³-hybridized carbons (Fsp3) is 0.0909. The van der Waals surface area contributed by atoms with Crippen LogP contribution in [-0.2, 0) is 4.79 Å². The molecule has 0 aliphatic heterocycles. The summed E-state index contributed by atoms with van der Waals surface area (Å²) in [5.41, 5.74) is 5.36. The van der Waals surface area contributed by atoms with Crippen LogP contribution in [-0.4, -0.2) is 32.6 Å². The van der Waals surface area contributed by atoms with Gasteiger partial charge in [0.1, 0.15) is 0 Å². The highest BCUT2D eigenvalue weighted by Gasteiger charge is 2.17. The molecule has 1 amide bonds. The molecular weight excluding hydrogens is 485 g/mol. The lowest BCUT2D eigenvalue weighted by Crippen LogP contribution is -2.20. The summed E-state index contributed by atoms with van der Waals surface area (Å²) in [4.78, 5) is 13.3. The van der Waals surface area contributed by atoms with Gasteiger partial charge in [-0.1, -0.05) is 35.0 Å². The van der Waals surface area contributed by atoms with Crippen molar-refractivity contribution < 1.29 is 4.79 Å². The number of amides is 1. The predicted octanol–water partition coefficient (Wildman–Crippen LogP) is 5.85. The van der Waals surface area contributed by atoms with E-state index in [1.807, 2.05) is 47.2 Å². The number of nitrogens with zero attached hydrogens (tertiary/aromatic N) is 4. The first kappa shape index (κ1) is 22.5. The minimum Gasteiger partial charge on any atom is -0.272 e. The van der Waals surface area contributed by atoms with Crippen LogP contribution in [0.3, 0.4) is 0 Å². The molecule has 0 saturated heterocycles. The average Bonchev–Trinajstić information content (AvgIpc) is 3.40. The summed E-state index contributed by atoms with van der Waals surface area (Å²) in [6.07, 6.45) is 1.65. The van der Waals surface area contributed by atoms with Gasteiger partial charge < -0.3 is 0 Å². The topological polar surface area (TPSA) is 72.2 Å². The highest BCUT2D eigenvalue weighted by Crippen LogP contribution is 2.29. The van der Waals surface area contributed by atoms with Gasteiger partial charge in [-0.25, -0.2) is 5.43 Å². The standard InChI is InChI=1S/C22H17Cl2N5OS2/c1-14-10-11-31-19(14)12-25-26-20(30)13-32-22-28-27-21(15-2-4-16(23)5-3-15)29(22)18-8-6-17(24)7-9-18/h2-12H,13H2,1H3,(H,26,30)/b25-12-. The van der Waals surface area contributed by atoms with Crippen molar-refractivity contribution in [2.24, 2.45) is 5.10 Å². The third-order valence-electron chi connectivity index (χ3n) is 4.43. The van der Waals surface area contributed by atoms with E-state index in [0.29, 0.717) is 21.0 Å². The first-order valence-corrected chi connectivity index (χ1v) is 12.1. The normalized spacial score (nSPS) is 11.2. The third-order valence-corrected chi connectivity index (χ3v) is 6.81. The molecule has 0 bridgehead atoms. The number of benzene rings is 2. The molecule has 10 heteroatoms. The summed E-state index contributed by atoms with van der Waals surface area (Å²) < 4.78 is 1.88. The second kappa shape index (κ2) is 10.3. The molecule has 4 aromatic rings. The zero-order chi connectivity index (χ0) is 22.5. The Balaban J connectivity index is 1.53. The Labute approximate surface area is 203 Å². The van der Waals surface area contributed by atoms with Crippen LogP contribution in [0.4, 0.5) is 0 Å². The molecule has 2 aromatic carbocycles. The molecule has 0 fully saturated rings. The summed E-state index contributed by atoms with van der Waals surface area (Å²) in [5, 5.41) is 16.5. The molecule has 2 aromatic heterocycles. The van der Waals surface area contributed by atoms with Crippen molar-refractivity contribution in [3.05, 3.63) is 80.5 Å². The number of hydrazone groups is 1. The SMILES string of the molecule is Cc1ccsc1/C=N\NC(=O)CSc1nnc(-c2ccc(Cl)cc2)n1-c1ccc(Cl)cc1. The van der Waals surface area contributed by atoms with Gasteiger partial charge >= 0.3 is 0 Å². The summed E-state index contributed by atoms with van der Waals surface area (Å²) in [6, 6.07) is 16.7. The Morgan fingerprint density at radius 2 is 1.78 bits per heavy atom. The smallest absolute Gasteiger partial charge is 0.250 e. The minimum absolute atomic E-state index is 0.132. The number of hydrogen-bond acceptors (Lipinski definition) is 6. The molecule has 2 heterocycles. The first-order valence-electron chi connectivity index (χ1n) is 9.47. The number of halogens is 2. The van der Waals surface area contributed by atoms with Gasteiger partial charge in [-0.05, 0) is 72.5 Å². The molecule has 0 atom stereocenters. The quantitative estimate of drug-likeness (QED) is 0.195. The van der Waals surface area contributed by atoms with Crippen LogP contribution in [0.15, 0.2) is 70.2 Å². The molecule has 1 N–H and O–H groups in total. The second-order valence-corrected chi connectivity index (χ2v) is 9.44. The highest BCUT2D eigenvalue weighted by atomic mass is 35.5. The molecule has 162 valence electrons. The van der Waals surface area contributed by atoms with Crippen molar-refractivity contribution >= 4 is 58.4 Å². The van der Waals surface area contributed by atoms with Crippen LogP contribution in [0.25, 0.3) is 17.1 Å². The Morgan fingerprint density at radius 1 is 1.09 bits per heavy atom. The predicted molar refractivity (Wildman–Crippen MR) is 132 cm³/mol. The lowest BCUT2D eigenvalue weighted by Gasteiger charge is -2.10. The van der Waals surface area contributed by atoms with E-state index < -0.39 is 0 Å². The Bertz CT molecular complexity index is 1250. The molecule has 4 rings (SSSR count). The lowest BCUT2D eigenvalue weighted by atomic mass is 10.2. The first-order chi connectivity index (χ1) is 15.5. The number of carbonyl (C=O) groups is 1. The minimum atomic E-state index is -0.237. The van der Waals surface area contributed by atoms with Crippen molar-refractivity contribution in [3.8, 4) is 17.1 Å². The van der Waals surface area contributed by atoms with Gasteiger partial charge in [-0.2, -0.15) is 5.10 Å². The number of thiophene rings is 1. The van der Waals surface area contributed by atoms with Crippen molar-refractivity contribution in [3.63, 3.8) is 0 Å². The van der Waals surface area contributed by atoms with Crippen LogP contribution in [0, 0.1) is 6.92 Å². The summed E-state index contributed by atoms with van der Waals surface area (Å²) in [5.74, 6) is 0.532. The van der Waals surface area contributed by atoms with Gasteiger partial charge in [0.2, 0.25) is 0 Å². The number of carbonyl (C=O) groups excluding carboxylic acids is 1. The van der Waals surface area contributed by atoms with Crippen molar-refractivity contribution in [2.45, 2.75) is 12.1 Å². The fourth-order valence-electron chi connectivity index (χ4n) is 2.81. The van der Waals surface area contributed by atoms with Gasteiger partial charge in [0.15, 0.2) is 11.0 Å². The Kier molecular flexibility index (Phi) is 7.26. The van der Waals surface area contributed by atoms with E-state index in [4.69, 9.17) is 23.2 Å². The third kappa shape index (κ3) is 5.39. The average molecular weight is 502 g/mol. The highest BCUT2D eigenvalue weighted by molar-refractivity contribution is 7.99. The lowest BCUT2D eigenvalue weighted by molar-refractivity contribution is -0.118. The number of thioether (sulfide) groups is 1. The number of hydrogen-bond donors (Lipinski definition) is 1. The largest absolute Gasteiger partial charge is 0.272 e. The van der Waals surface area contributed by atoms with E-state index in [9.17, 15) is 4.79 Å². The molecule has 6 nitrogen and oxygen atoms in total. The van der Waals surface area contributed by atoms with Crippen LogP contribution in [0.2, 0.25) is 10.0 Å². The van der Waals surface area contributed by atoms with Gasteiger partial charge in [0, 0.05) is 26.2 Å². The number of aromatic nitrogens is 3. The molecule has 0 spiro atoms. The summed E-state index contributed by atoms with van der Waals surface area (Å²) in [7, 11) is 0. The molecule has 0 aliphatic rings. The maximum absolute atomic E-state index is 12.3. The van der Waals surface area contributed by atoms with Crippen LogP contribution in [0.5, 0.6) is 0 Å². The Morgan fingerprint density at radius 3 is 2.44 bits per heavy atom. The molecular formula is C22H17Cl2N5OS2. The zero-order valence-electron chi connectivity index (χ0n) is 16.8. The Hall–Kier alpha value is -2.65. The van der Waals surface area contributed by atoms with Gasteiger partial charge in [-0.15, -0.1) is 21.5 Å². The monoisotopic (exact) mass is 501 g/mol. The van der Waals surface area contributed by atoms with E-state index in [1.165, 1.54) is 11.8 Å². The van der Waals surface area contributed by atoms with E-state index in [2.05, 4.69) is 20.7 Å². The van der Waals surface area contributed by atoms with Crippen molar-refractivity contribution in [2.75, 3.05) is 5.75 Å². The maximum atomic E-state index is 12.3. The molecule has 0 radical (unpaired) electrons. The number of aryl methyl sites for hydroxylation is 1. The molecule has 0 unspecified atom stereocenters. The zero-order valence-corrected chi connectivity index (χ0v) is 20.0. The summed E-state index contributed by atoms with van der Waals surface area (Å²) >= 11 is 14.9. The van der Waals surface area contributed by atoms with E-state index >= 15 is 0 Å². The van der Waals surface area contributed by atoms with E-state index in [-0.39, 0.29) is 11.7 Å². The van der Waals surface area contributed by atoms with Crippen LogP contribution in [0.1, 0.15) is 10.4 Å². The van der Waals surface area contributed by atoms with Crippen molar-refractivity contribution in [1.82, 2.24) is 20.2 Å².